The van der Waals surface area contributed by atoms with Crippen LogP contribution in [0.4, 0.5) is 0 Å². The predicted molar refractivity (Wildman–Crippen MR) is 43.7 cm³/mol. The minimum atomic E-state index is 0.198. The summed E-state index contributed by atoms with van der Waals surface area (Å²) in [6.07, 6.45) is 4.75. The van der Waals surface area contributed by atoms with Gasteiger partial charge >= 0.3 is 0 Å². The molecule has 1 fully saturated rings. The third kappa shape index (κ3) is 2.19. The lowest BCUT2D eigenvalue weighted by Crippen LogP contribution is -2.26. The molecule has 1 aliphatic rings. The molecule has 0 aliphatic heterocycles. The van der Waals surface area contributed by atoms with Crippen LogP contribution in [0.3, 0.4) is 0 Å². The fourth-order valence-corrected chi connectivity index (χ4v) is 1.44. The van der Waals surface area contributed by atoms with Gasteiger partial charge in [-0.1, -0.05) is 11.6 Å². The fourth-order valence-electron chi connectivity index (χ4n) is 1.44. The van der Waals surface area contributed by atoms with Crippen molar-refractivity contribution < 1.29 is 9.57 Å². The molecule has 3 nitrogen and oxygen atoms in total. The third-order valence-corrected chi connectivity index (χ3v) is 2.01. The summed E-state index contributed by atoms with van der Waals surface area (Å²) in [5.74, 6) is 0. The lowest BCUT2D eigenvalue weighted by atomic mass is 9.96. The first kappa shape index (κ1) is 8.53. The normalized spacial score (nSPS) is 28.9. The Hall–Kier alpha value is -0.570. The molecule has 0 N–H and O–H groups in total. The summed E-state index contributed by atoms with van der Waals surface area (Å²) in [5.41, 5.74) is 1.06. The summed E-state index contributed by atoms with van der Waals surface area (Å²) in [6, 6.07) is 0. The number of rotatable bonds is 2. The lowest BCUT2D eigenvalue weighted by Gasteiger charge is -2.21. The Morgan fingerprint density at radius 3 is 2.82 bits per heavy atom. The van der Waals surface area contributed by atoms with Crippen molar-refractivity contribution in [3.8, 4) is 0 Å². The zero-order valence-electron chi connectivity index (χ0n) is 7.17. The SMILES string of the molecule is CO/N=C1/CCCCC1OC. The molecule has 1 rings (SSSR count). The molecule has 1 aliphatic carbocycles. The van der Waals surface area contributed by atoms with Gasteiger partial charge in [-0.3, -0.25) is 0 Å². The molecule has 0 bridgehead atoms. The Bertz CT molecular complexity index is 145. The van der Waals surface area contributed by atoms with Crippen molar-refractivity contribution in [3.05, 3.63) is 0 Å². The number of oxime groups is 1. The topological polar surface area (TPSA) is 30.8 Å². The van der Waals surface area contributed by atoms with Crippen LogP contribution in [0.5, 0.6) is 0 Å². The smallest absolute Gasteiger partial charge is 0.106 e. The lowest BCUT2D eigenvalue weighted by molar-refractivity contribution is 0.128. The molecule has 64 valence electrons. The largest absolute Gasteiger partial charge is 0.399 e. The van der Waals surface area contributed by atoms with Crippen LogP contribution in [0.25, 0.3) is 0 Å². The molecule has 0 aromatic heterocycles. The second-order valence-electron chi connectivity index (χ2n) is 2.74. The minimum Gasteiger partial charge on any atom is -0.399 e. The quantitative estimate of drug-likeness (QED) is 0.570. The monoisotopic (exact) mass is 157 g/mol. The fraction of sp³-hybridized carbons (Fsp3) is 0.875. The van der Waals surface area contributed by atoms with Crippen LogP contribution in [0.15, 0.2) is 5.16 Å². The zero-order valence-corrected chi connectivity index (χ0v) is 7.17. The molecule has 0 aromatic rings. The zero-order chi connectivity index (χ0) is 8.10. The highest BCUT2D eigenvalue weighted by Crippen LogP contribution is 2.17. The second-order valence-corrected chi connectivity index (χ2v) is 2.74. The van der Waals surface area contributed by atoms with Crippen molar-refractivity contribution in [2.45, 2.75) is 31.8 Å². The highest BCUT2D eigenvalue weighted by atomic mass is 16.6. The first-order valence-corrected chi connectivity index (χ1v) is 4.01. The molecular formula is C8H15NO2. The van der Waals surface area contributed by atoms with Crippen LogP contribution in [0.1, 0.15) is 25.7 Å². The number of ether oxygens (including phenoxy) is 1. The maximum Gasteiger partial charge on any atom is 0.106 e. The number of methoxy groups -OCH3 is 1. The highest BCUT2D eigenvalue weighted by molar-refractivity contribution is 5.88. The highest BCUT2D eigenvalue weighted by Gasteiger charge is 2.19. The van der Waals surface area contributed by atoms with Crippen LogP contribution in [-0.4, -0.2) is 26.0 Å². The van der Waals surface area contributed by atoms with Crippen molar-refractivity contribution in [1.29, 1.82) is 0 Å². The van der Waals surface area contributed by atoms with Gasteiger partial charge in [0.25, 0.3) is 0 Å². The summed E-state index contributed by atoms with van der Waals surface area (Å²) in [6.45, 7) is 0. The first-order chi connectivity index (χ1) is 5.38. The molecule has 0 radical (unpaired) electrons. The minimum absolute atomic E-state index is 0.198. The van der Waals surface area contributed by atoms with E-state index in [0.29, 0.717) is 0 Å². The van der Waals surface area contributed by atoms with E-state index < -0.39 is 0 Å². The Labute approximate surface area is 67.4 Å². The Morgan fingerprint density at radius 2 is 2.18 bits per heavy atom. The van der Waals surface area contributed by atoms with Gasteiger partial charge in [0.05, 0.1) is 11.8 Å². The molecule has 1 saturated carbocycles. The molecule has 0 spiro atoms. The van der Waals surface area contributed by atoms with E-state index in [-0.39, 0.29) is 6.10 Å². The van der Waals surface area contributed by atoms with Crippen LogP contribution in [-0.2, 0) is 9.57 Å². The van der Waals surface area contributed by atoms with Gasteiger partial charge in [-0.15, -0.1) is 0 Å². The van der Waals surface area contributed by atoms with E-state index in [9.17, 15) is 0 Å². The van der Waals surface area contributed by atoms with Crippen LogP contribution >= 0.6 is 0 Å². The molecule has 11 heavy (non-hydrogen) atoms. The van der Waals surface area contributed by atoms with Crippen molar-refractivity contribution >= 4 is 5.71 Å². The standard InChI is InChI=1S/C8H15NO2/c1-10-8-6-4-3-5-7(8)9-11-2/h8H,3-6H2,1-2H3/b9-7-. The number of hydrogen-bond acceptors (Lipinski definition) is 3. The van der Waals surface area contributed by atoms with Crippen LogP contribution in [0.2, 0.25) is 0 Å². The average Bonchev–Trinajstić information content (AvgIpc) is 2.06. The summed E-state index contributed by atoms with van der Waals surface area (Å²) in [7, 11) is 3.30. The molecule has 0 amide bonds. The van der Waals surface area contributed by atoms with Gasteiger partial charge in [0.1, 0.15) is 7.11 Å². The van der Waals surface area contributed by atoms with E-state index in [1.807, 2.05) is 0 Å². The summed E-state index contributed by atoms with van der Waals surface area (Å²) < 4.78 is 5.25. The molecule has 3 heteroatoms. The van der Waals surface area contributed by atoms with Crippen molar-refractivity contribution in [1.82, 2.24) is 0 Å². The number of hydrogen-bond donors (Lipinski definition) is 0. The Balaban J connectivity index is 2.51. The van der Waals surface area contributed by atoms with E-state index in [0.717, 1.165) is 18.6 Å². The van der Waals surface area contributed by atoms with Gasteiger partial charge in [0.2, 0.25) is 0 Å². The predicted octanol–water partition coefficient (Wildman–Crippen LogP) is 1.58. The van der Waals surface area contributed by atoms with Crippen LogP contribution in [0, 0.1) is 0 Å². The van der Waals surface area contributed by atoms with Gasteiger partial charge in [-0.25, -0.2) is 0 Å². The Morgan fingerprint density at radius 1 is 1.36 bits per heavy atom. The third-order valence-electron chi connectivity index (χ3n) is 2.01. The molecule has 0 saturated heterocycles. The van der Waals surface area contributed by atoms with Crippen molar-refractivity contribution in [2.24, 2.45) is 5.16 Å². The van der Waals surface area contributed by atoms with E-state index in [2.05, 4.69) is 5.16 Å². The maximum absolute atomic E-state index is 5.25. The molecule has 0 aromatic carbocycles. The first-order valence-electron chi connectivity index (χ1n) is 4.01. The van der Waals surface area contributed by atoms with Crippen LogP contribution < -0.4 is 0 Å². The van der Waals surface area contributed by atoms with Gasteiger partial charge in [-0.05, 0) is 19.3 Å². The summed E-state index contributed by atoms with van der Waals surface area (Å²) >= 11 is 0. The van der Waals surface area contributed by atoms with Gasteiger partial charge in [0.15, 0.2) is 0 Å². The van der Waals surface area contributed by atoms with E-state index in [1.165, 1.54) is 12.8 Å². The maximum atomic E-state index is 5.25. The second kappa shape index (κ2) is 4.34. The van der Waals surface area contributed by atoms with Gasteiger partial charge in [0, 0.05) is 7.11 Å². The van der Waals surface area contributed by atoms with E-state index in [4.69, 9.17) is 9.57 Å². The van der Waals surface area contributed by atoms with Crippen molar-refractivity contribution in [3.63, 3.8) is 0 Å². The summed E-state index contributed by atoms with van der Waals surface area (Å²) in [4.78, 5) is 4.72. The number of nitrogens with zero attached hydrogens (tertiary/aromatic N) is 1. The average molecular weight is 157 g/mol. The van der Waals surface area contributed by atoms with Crippen molar-refractivity contribution in [2.75, 3.05) is 14.2 Å². The molecule has 1 atom stereocenters. The molecule has 1 unspecified atom stereocenters. The molecule has 0 heterocycles. The van der Waals surface area contributed by atoms with E-state index in [1.54, 1.807) is 14.2 Å². The Kier molecular flexibility index (Phi) is 3.36. The summed E-state index contributed by atoms with van der Waals surface area (Å²) in [5, 5.41) is 3.93. The molecular weight excluding hydrogens is 142 g/mol. The van der Waals surface area contributed by atoms with E-state index >= 15 is 0 Å². The van der Waals surface area contributed by atoms with Gasteiger partial charge in [-0.2, -0.15) is 0 Å². The van der Waals surface area contributed by atoms with Gasteiger partial charge < -0.3 is 9.57 Å².